The van der Waals surface area contributed by atoms with Crippen molar-refractivity contribution in [3.63, 3.8) is 0 Å². The molecule has 2 heterocycles. The maximum absolute atomic E-state index is 12.5. The summed E-state index contributed by atoms with van der Waals surface area (Å²) in [6, 6.07) is 16.2. The molecule has 4 rings (SSSR count). The molecular weight excluding hydrogens is 446 g/mol. The van der Waals surface area contributed by atoms with Crippen molar-refractivity contribution >= 4 is 28.5 Å². The number of aromatic nitrogens is 3. The van der Waals surface area contributed by atoms with E-state index in [2.05, 4.69) is 20.6 Å². The number of para-hydroxylation sites is 2. The number of pyridine rings is 1. The summed E-state index contributed by atoms with van der Waals surface area (Å²) in [6.45, 7) is 6.57. The highest BCUT2D eigenvalue weighted by atomic mass is 16.5. The van der Waals surface area contributed by atoms with Crippen LogP contribution in [0.5, 0.6) is 11.5 Å². The van der Waals surface area contributed by atoms with Gasteiger partial charge in [0.05, 0.1) is 42.2 Å². The summed E-state index contributed by atoms with van der Waals surface area (Å²) < 4.78 is 13.1. The molecule has 2 amide bonds. The number of hydrogen-bond acceptors (Lipinski definition) is 6. The van der Waals surface area contributed by atoms with Gasteiger partial charge in [0.1, 0.15) is 12.1 Å². The van der Waals surface area contributed by atoms with Crippen LogP contribution in [-0.4, -0.2) is 39.6 Å². The topological polar surface area (TPSA) is 107 Å². The molecule has 2 N–H and O–H groups in total. The van der Waals surface area contributed by atoms with Crippen LogP contribution < -0.4 is 20.1 Å². The molecule has 0 aliphatic carbocycles. The lowest BCUT2D eigenvalue weighted by atomic mass is 10.1. The van der Waals surface area contributed by atoms with Crippen molar-refractivity contribution in [1.82, 2.24) is 19.9 Å². The monoisotopic (exact) mass is 473 g/mol. The number of hydrogen-bond donors (Lipinski definition) is 2. The molecular formula is C26H27N5O4. The number of fused-ring (bicyclic) bond motifs is 1. The Kier molecular flexibility index (Phi) is 7.25. The first-order chi connectivity index (χ1) is 17.0. The van der Waals surface area contributed by atoms with Gasteiger partial charge in [-0.05, 0) is 62.7 Å². The summed E-state index contributed by atoms with van der Waals surface area (Å²) in [6.07, 6.45) is 3.19. The summed E-state index contributed by atoms with van der Waals surface area (Å²) in [5.41, 5.74) is 2.98. The Morgan fingerprint density at radius 2 is 1.71 bits per heavy atom. The van der Waals surface area contributed by atoms with Gasteiger partial charge in [-0.1, -0.05) is 18.2 Å². The average Bonchev–Trinajstić information content (AvgIpc) is 3.30. The van der Waals surface area contributed by atoms with Gasteiger partial charge >= 0.3 is 11.8 Å². The zero-order chi connectivity index (χ0) is 24.8. The number of ether oxygens (including phenoxy) is 2. The highest BCUT2D eigenvalue weighted by Gasteiger charge is 2.19. The van der Waals surface area contributed by atoms with Crippen molar-refractivity contribution in [3.8, 4) is 17.3 Å². The number of carbonyl (C=O) groups is 2. The molecule has 0 radical (unpaired) electrons. The van der Waals surface area contributed by atoms with Crippen LogP contribution in [-0.2, 0) is 9.59 Å². The predicted octanol–water partition coefficient (Wildman–Crippen LogP) is 4.03. The number of nitrogens with zero attached hydrogens (tertiary/aromatic N) is 3. The SMILES string of the molecule is CCOc1ccc(C(C)NC(=O)C(=O)Nc2ccc(-n3cnc4ccccc43)nc2)cc1OCC. The molecule has 0 bridgehead atoms. The van der Waals surface area contributed by atoms with E-state index in [1.165, 1.54) is 6.20 Å². The Labute approximate surface area is 203 Å². The van der Waals surface area contributed by atoms with E-state index in [0.717, 1.165) is 16.6 Å². The molecule has 1 unspecified atom stereocenters. The molecule has 0 saturated carbocycles. The van der Waals surface area contributed by atoms with Crippen LogP contribution in [0.25, 0.3) is 16.9 Å². The zero-order valence-electron chi connectivity index (χ0n) is 19.8. The van der Waals surface area contributed by atoms with Gasteiger partial charge in [-0.2, -0.15) is 0 Å². The van der Waals surface area contributed by atoms with Gasteiger partial charge in [0.15, 0.2) is 11.5 Å². The molecule has 0 saturated heterocycles. The van der Waals surface area contributed by atoms with Crippen molar-refractivity contribution in [3.05, 3.63) is 72.7 Å². The molecule has 0 spiro atoms. The van der Waals surface area contributed by atoms with E-state index in [1.807, 2.05) is 48.7 Å². The largest absolute Gasteiger partial charge is 0.490 e. The summed E-state index contributed by atoms with van der Waals surface area (Å²) in [5.74, 6) is 0.336. The number of nitrogens with one attached hydrogen (secondary N) is 2. The number of rotatable bonds is 8. The summed E-state index contributed by atoms with van der Waals surface area (Å²) in [5, 5.41) is 5.29. The standard InChI is InChI=1S/C26H27N5O4/c1-4-34-22-12-10-18(14-23(22)35-5-2)17(3)29-25(32)26(33)30-19-11-13-24(27-15-19)31-16-28-20-8-6-7-9-21(20)31/h6-17H,4-5H2,1-3H3,(H,29,32)(H,30,33). The third-order valence-electron chi connectivity index (χ3n) is 5.33. The van der Waals surface area contributed by atoms with Crippen LogP contribution in [0.4, 0.5) is 5.69 Å². The van der Waals surface area contributed by atoms with Crippen molar-refractivity contribution in [2.75, 3.05) is 18.5 Å². The lowest BCUT2D eigenvalue weighted by molar-refractivity contribution is -0.136. The van der Waals surface area contributed by atoms with E-state index in [9.17, 15) is 9.59 Å². The van der Waals surface area contributed by atoms with Gasteiger partial charge in [-0.3, -0.25) is 14.2 Å². The number of benzene rings is 2. The van der Waals surface area contributed by atoms with E-state index in [0.29, 0.717) is 36.2 Å². The molecule has 0 aliphatic heterocycles. The maximum Gasteiger partial charge on any atom is 0.313 e. The zero-order valence-corrected chi connectivity index (χ0v) is 19.8. The average molecular weight is 474 g/mol. The molecule has 0 aliphatic rings. The molecule has 35 heavy (non-hydrogen) atoms. The van der Waals surface area contributed by atoms with Crippen LogP contribution in [0.15, 0.2) is 67.1 Å². The highest BCUT2D eigenvalue weighted by molar-refractivity contribution is 6.39. The molecule has 2 aromatic carbocycles. The number of imidazole rings is 1. The molecule has 4 aromatic rings. The number of carbonyl (C=O) groups excluding carboxylic acids is 2. The Balaban J connectivity index is 1.39. The van der Waals surface area contributed by atoms with Crippen LogP contribution >= 0.6 is 0 Å². The second-order valence-electron chi connectivity index (χ2n) is 7.73. The van der Waals surface area contributed by atoms with Gasteiger partial charge in [-0.25, -0.2) is 9.97 Å². The first-order valence-electron chi connectivity index (χ1n) is 11.4. The van der Waals surface area contributed by atoms with Gasteiger partial charge in [0.2, 0.25) is 0 Å². The molecule has 9 nitrogen and oxygen atoms in total. The predicted molar refractivity (Wildman–Crippen MR) is 133 cm³/mol. The Morgan fingerprint density at radius 3 is 2.46 bits per heavy atom. The van der Waals surface area contributed by atoms with Gasteiger partial charge < -0.3 is 20.1 Å². The van der Waals surface area contributed by atoms with Crippen molar-refractivity contribution in [2.45, 2.75) is 26.8 Å². The van der Waals surface area contributed by atoms with E-state index in [4.69, 9.17) is 9.47 Å². The lowest BCUT2D eigenvalue weighted by Crippen LogP contribution is -2.36. The normalized spacial score (nSPS) is 11.6. The molecule has 0 fully saturated rings. The van der Waals surface area contributed by atoms with Gasteiger partial charge in [0.25, 0.3) is 0 Å². The third kappa shape index (κ3) is 5.40. The highest BCUT2D eigenvalue weighted by Crippen LogP contribution is 2.30. The fourth-order valence-corrected chi connectivity index (χ4v) is 3.61. The summed E-state index contributed by atoms with van der Waals surface area (Å²) in [4.78, 5) is 33.7. The van der Waals surface area contributed by atoms with Crippen LogP contribution in [0.2, 0.25) is 0 Å². The lowest BCUT2D eigenvalue weighted by Gasteiger charge is -2.17. The Bertz CT molecular complexity index is 1330. The Morgan fingerprint density at radius 1 is 0.943 bits per heavy atom. The fourth-order valence-electron chi connectivity index (χ4n) is 3.61. The van der Waals surface area contributed by atoms with Crippen LogP contribution in [0.1, 0.15) is 32.4 Å². The van der Waals surface area contributed by atoms with Crippen molar-refractivity contribution in [2.24, 2.45) is 0 Å². The quantitative estimate of drug-likeness (QED) is 0.374. The number of amides is 2. The van der Waals surface area contributed by atoms with Crippen LogP contribution in [0, 0.1) is 0 Å². The molecule has 2 aromatic heterocycles. The van der Waals surface area contributed by atoms with E-state index in [1.54, 1.807) is 37.5 Å². The van der Waals surface area contributed by atoms with E-state index >= 15 is 0 Å². The summed E-state index contributed by atoms with van der Waals surface area (Å²) >= 11 is 0. The molecule has 180 valence electrons. The number of anilines is 1. The first-order valence-corrected chi connectivity index (χ1v) is 11.4. The molecule has 9 heteroatoms. The second kappa shape index (κ2) is 10.7. The van der Waals surface area contributed by atoms with Crippen molar-refractivity contribution in [1.29, 1.82) is 0 Å². The second-order valence-corrected chi connectivity index (χ2v) is 7.73. The van der Waals surface area contributed by atoms with E-state index in [-0.39, 0.29) is 0 Å². The van der Waals surface area contributed by atoms with Gasteiger partial charge in [-0.15, -0.1) is 0 Å². The third-order valence-corrected chi connectivity index (χ3v) is 5.33. The minimum Gasteiger partial charge on any atom is -0.490 e. The Hall–Kier alpha value is -4.40. The minimum atomic E-state index is -0.782. The van der Waals surface area contributed by atoms with Gasteiger partial charge in [0, 0.05) is 0 Å². The summed E-state index contributed by atoms with van der Waals surface area (Å²) in [7, 11) is 0. The maximum atomic E-state index is 12.5. The van der Waals surface area contributed by atoms with Crippen molar-refractivity contribution < 1.29 is 19.1 Å². The fraction of sp³-hybridized carbons (Fsp3) is 0.231. The molecule has 1 atom stereocenters. The van der Waals surface area contributed by atoms with E-state index < -0.39 is 17.9 Å². The first kappa shape index (κ1) is 23.7. The minimum absolute atomic E-state index is 0.408. The smallest absolute Gasteiger partial charge is 0.313 e. The van der Waals surface area contributed by atoms with Crippen LogP contribution in [0.3, 0.4) is 0 Å².